The highest BCUT2D eigenvalue weighted by molar-refractivity contribution is 5.82. The highest BCUT2D eigenvalue weighted by Gasteiger charge is 2.62. The fourth-order valence-electron chi connectivity index (χ4n) is 2.60. The first kappa shape index (κ1) is 6.52. The fourth-order valence-corrected chi connectivity index (χ4v) is 2.60. The molecule has 64 valence electrons. The van der Waals surface area contributed by atoms with Gasteiger partial charge in [-0.1, -0.05) is 0 Å². The van der Waals surface area contributed by atoms with Crippen LogP contribution in [0.2, 0.25) is 0 Å². The first-order chi connectivity index (χ1) is 5.80. The molecule has 3 aliphatic rings. The molecular formula is C9H10O3. The van der Waals surface area contributed by atoms with Crippen LogP contribution in [0.1, 0.15) is 19.3 Å². The van der Waals surface area contributed by atoms with E-state index in [0.29, 0.717) is 24.0 Å². The highest BCUT2D eigenvalue weighted by Crippen LogP contribution is 2.56. The second-order valence-corrected chi connectivity index (χ2v) is 3.84. The molecule has 0 unspecified atom stereocenters. The molecular weight excluding hydrogens is 156 g/mol. The Hall–Kier alpha value is -0.990. The fraction of sp³-hybridized carbons (Fsp3) is 0.667. The van der Waals surface area contributed by atoms with Crippen LogP contribution in [-0.2, 0) is 14.3 Å². The minimum atomic E-state index is -0.434. The summed E-state index contributed by atoms with van der Waals surface area (Å²) in [6.07, 6.45) is 5.43. The molecule has 3 nitrogen and oxygen atoms in total. The minimum absolute atomic E-state index is 0.319. The van der Waals surface area contributed by atoms with Crippen LogP contribution < -0.4 is 0 Å². The van der Waals surface area contributed by atoms with Crippen molar-refractivity contribution >= 4 is 5.78 Å². The van der Waals surface area contributed by atoms with Gasteiger partial charge in [0.1, 0.15) is 18.3 Å². The second-order valence-electron chi connectivity index (χ2n) is 3.84. The predicted molar refractivity (Wildman–Crippen MR) is 39.9 cm³/mol. The van der Waals surface area contributed by atoms with Gasteiger partial charge in [-0.15, -0.1) is 0 Å². The van der Waals surface area contributed by atoms with Crippen LogP contribution in [0.25, 0.3) is 0 Å². The zero-order valence-corrected chi connectivity index (χ0v) is 6.66. The van der Waals surface area contributed by atoms with Crippen molar-refractivity contribution in [3.05, 3.63) is 12.5 Å². The lowest BCUT2D eigenvalue weighted by molar-refractivity contribution is -0.256. The van der Waals surface area contributed by atoms with Gasteiger partial charge in [0.15, 0.2) is 0 Å². The number of Topliss-reactive ketones (excluding diaryl/α,β-unsaturated/α-hetero) is 1. The lowest BCUT2D eigenvalue weighted by Crippen LogP contribution is -2.52. The largest absolute Gasteiger partial charge is 0.456 e. The lowest BCUT2D eigenvalue weighted by Gasteiger charge is -2.46. The quantitative estimate of drug-likeness (QED) is 0.542. The number of fused-ring (bicyclic) bond motifs is 2. The van der Waals surface area contributed by atoms with Gasteiger partial charge in [-0.2, -0.15) is 0 Å². The Labute approximate surface area is 70.3 Å². The van der Waals surface area contributed by atoms with E-state index in [4.69, 9.17) is 9.47 Å². The van der Waals surface area contributed by atoms with Crippen molar-refractivity contribution in [2.24, 2.45) is 11.8 Å². The third kappa shape index (κ3) is 0.601. The van der Waals surface area contributed by atoms with Crippen LogP contribution >= 0.6 is 0 Å². The molecule has 0 radical (unpaired) electrons. The van der Waals surface area contributed by atoms with Gasteiger partial charge < -0.3 is 9.47 Å². The Morgan fingerprint density at radius 3 is 2.75 bits per heavy atom. The van der Waals surface area contributed by atoms with E-state index in [1.807, 2.05) is 0 Å². The molecule has 0 bridgehead atoms. The molecule has 1 spiro atoms. The number of ketones is 1. The van der Waals surface area contributed by atoms with Crippen LogP contribution in [-0.4, -0.2) is 11.6 Å². The van der Waals surface area contributed by atoms with E-state index in [-0.39, 0.29) is 0 Å². The monoisotopic (exact) mass is 166 g/mol. The number of carbonyl (C=O) groups is 1. The SMILES string of the molecule is O=C1C[C@@H]2CC3(OC=CO3)[C@@H]2C1. The molecule has 2 atom stereocenters. The minimum Gasteiger partial charge on any atom is -0.456 e. The first-order valence-electron chi connectivity index (χ1n) is 4.32. The first-order valence-corrected chi connectivity index (χ1v) is 4.32. The summed E-state index contributed by atoms with van der Waals surface area (Å²) in [6, 6.07) is 0. The average Bonchev–Trinajstić information content (AvgIpc) is 2.57. The topological polar surface area (TPSA) is 35.5 Å². The van der Waals surface area contributed by atoms with E-state index >= 15 is 0 Å². The Kier molecular flexibility index (Phi) is 1.000. The zero-order chi connectivity index (χ0) is 8.18. The van der Waals surface area contributed by atoms with E-state index in [9.17, 15) is 4.79 Å². The molecule has 0 saturated heterocycles. The van der Waals surface area contributed by atoms with Crippen LogP contribution in [0.4, 0.5) is 0 Å². The molecule has 3 rings (SSSR count). The molecule has 0 aromatic rings. The van der Waals surface area contributed by atoms with Crippen molar-refractivity contribution in [2.45, 2.75) is 25.0 Å². The summed E-state index contributed by atoms with van der Waals surface area (Å²) in [5.41, 5.74) is 0. The summed E-state index contributed by atoms with van der Waals surface area (Å²) in [7, 11) is 0. The van der Waals surface area contributed by atoms with Gasteiger partial charge in [-0.3, -0.25) is 4.79 Å². The lowest BCUT2D eigenvalue weighted by atomic mass is 9.70. The maximum absolute atomic E-state index is 11.1. The van der Waals surface area contributed by atoms with E-state index in [1.165, 1.54) is 0 Å². The third-order valence-corrected chi connectivity index (χ3v) is 3.21. The highest BCUT2D eigenvalue weighted by atomic mass is 16.7. The van der Waals surface area contributed by atoms with Gasteiger partial charge >= 0.3 is 0 Å². The number of carbonyl (C=O) groups excluding carboxylic acids is 1. The van der Waals surface area contributed by atoms with Crippen molar-refractivity contribution in [1.29, 1.82) is 0 Å². The normalized spacial score (nSPS) is 40.5. The molecule has 0 aromatic heterocycles. The van der Waals surface area contributed by atoms with Gasteiger partial charge in [0.2, 0.25) is 0 Å². The molecule has 12 heavy (non-hydrogen) atoms. The number of hydrogen-bond acceptors (Lipinski definition) is 3. The molecule has 2 saturated carbocycles. The number of hydrogen-bond donors (Lipinski definition) is 0. The molecule has 0 aromatic carbocycles. The summed E-state index contributed by atoms with van der Waals surface area (Å²) >= 11 is 0. The summed E-state index contributed by atoms with van der Waals surface area (Å²) in [5, 5.41) is 0. The third-order valence-electron chi connectivity index (χ3n) is 3.21. The van der Waals surface area contributed by atoms with Gasteiger partial charge in [-0.05, 0) is 5.92 Å². The maximum Gasteiger partial charge on any atom is 0.253 e. The summed E-state index contributed by atoms with van der Waals surface area (Å²) in [5.74, 6) is 0.773. The van der Waals surface area contributed by atoms with Gasteiger partial charge in [0, 0.05) is 25.2 Å². The standard InChI is InChI=1S/C9H10O3/c10-7-3-6-5-9(8(6)4-7)11-1-2-12-9/h1-2,6,8H,3-5H2/t6-,8-/m1/s1. The van der Waals surface area contributed by atoms with Gasteiger partial charge in [0.25, 0.3) is 5.79 Å². The van der Waals surface area contributed by atoms with Crippen molar-refractivity contribution in [3.63, 3.8) is 0 Å². The van der Waals surface area contributed by atoms with Gasteiger partial charge in [0.05, 0.1) is 0 Å². The molecule has 3 heteroatoms. The van der Waals surface area contributed by atoms with Crippen molar-refractivity contribution in [2.75, 3.05) is 0 Å². The van der Waals surface area contributed by atoms with Crippen LogP contribution in [0.15, 0.2) is 12.5 Å². The van der Waals surface area contributed by atoms with Crippen LogP contribution in [0.3, 0.4) is 0 Å². The predicted octanol–water partition coefficient (Wildman–Crippen LogP) is 1.20. The molecule has 0 amide bonds. The molecule has 1 aliphatic heterocycles. The average molecular weight is 166 g/mol. The van der Waals surface area contributed by atoms with Crippen molar-refractivity contribution < 1.29 is 14.3 Å². The smallest absolute Gasteiger partial charge is 0.253 e. The Balaban J connectivity index is 1.83. The molecule has 1 heterocycles. The van der Waals surface area contributed by atoms with E-state index in [2.05, 4.69) is 0 Å². The van der Waals surface area contributed by atoms with Crippen molar-refractivity contribution in [1.82, 2.24) is 0 Å². The molecule has 2 aliphatic carbocycles. The summed E-state index contributed by atoms with van der Waals surface area (Å²) in [4.78, 5) is 11.1. The van der Waals surface area contributed by atoms with Crippen molar-refractivity contribution in [3.8, 4) is 0 Å². The molecule has 0 N–H and O–H groups in total. The van der Waals surface area contributed by atoms with Crippen LogP contribution in [0.5, 0.6) is 0 Å². The Bertz CT molecular complexity index is 261. The second kappa shape index (κ2) is 1.84. The van der Waals surface area contributed by atoms with E-state index in [0.717, 1.165) is 12.8 Å². The number of ether oxygens (including phenoxy) is 2. The van der Waals surface area contributed by atoms with Gasteiger partial charge in [-0.25, -0.2) is 0 Å². The van der Waals surface area contributed by atoms with E-state index < -0.39 is 5.79 Å². The Morgan fingerprint density at radius 1 is 1.33 bits per heavy atom. The molecule has 2 fully saturated rings. The summed E-state index contributed by atoms with van der Waals surface area (Å²) < 4.78 is 10.8. The maximum atomic E-state index is 11.1. The summed E-state index contributed by atoms with van der Waals surface area (Å²) in [6.45, 7) is 0. The number of rotatable bonds is 0. The van der Waals surface area contributed by atoms with E-state index in [1.54, 1.807) is 12.5 Å². The van der Waals surface area contributed by atoms with Crippen LogP contribution in [0, 0.1) is 11.8 Å². The Morgan fingerprint density at radius 2 is 2.08 bits per heavy atom. The zero-order valence-electron chi connectivity index (χ0n) is 6.66.